The molecule has 0 unspecified atom stereocenters. The molecule has 33 heavy (non-hydrogen) atoms. The Morgan fingerprint density at radius 3 is 2.48 bits per heavy atom. The summed E-state index contributed by atoms with van der Waals surface area (Å²) in [6, 6.07) is 16.6. The van der Waals surface area contributed by atoms with Crippen molar-refractivity contribution in [2.24, 2.45) is 5.92 Å². The molecule has 0 N–H and O–H groups in total. The molecule has 0 spiro atoms. The molecule has 4 atom stereocenters. The van der Waals surface area contributed by atoms with Gasteiger partial charge in [-0.25, -0.2) is 0 Å². The smallest absolute Gasteiger partial charge is 0.297 e. The van der Waals surface area contributed by atoms with Gasteiger partial charge in [-0.05, 0) is 31.0 Å². The van der Waals surface area contributed by atoms with Crippen molar-refractivity contribution in [3.8, 4) is 0 Å². The van der Waals surface area contributed by atoms with E-state index in [9.17, 15) is 8.42 Å². The van der Waals surface area contributed by atoms with Gasteiger partial charge in [0.05, 0.1) is 36.4 Å². The van der Waals surface area contributed by atoms with Crippen LogP contribution >= 0.6 is 0 Å². The Morgan fingerprint density at radius 2 is 1.79 bits per heavy atom. The first-order chi connectivity index (χ1) is 15.9. The molecule has 0 radical (unpaired) electrons. The number of hydrogen-bond donors (Lipinski definition) is 0. The minimum atomic E-state index is -3.86. The van der Waals surface area contributed by atoms with Crippen LogP contribution < -0.4 is 0 Å². The molecular weight excluding hydrogens is 444 g/mol. The first-order valence-corrected chi connectivity index (χ1v) is 12.6. The van der Waals surface area contributed by atoms with Crippen molar-refractivity contribution < 1.29 is 31.5 Å². The molecular formula is C25H34O7S. The number of methoxy groups -OCH3 is 1. The Morgan fingerprint density at radius 1 is 1.06 bits per heavy atom. The second-order valence-electron chi connectivity index (χ2n) is 8.38. The van der Waals surface area contributed by atoms with E-state index in [4.69, 9.17) is 23.1 Å². The summed E-state index contributed by atoms with van der Waals surface area (Å²) in [4.78, 5) is 0.135. The first-order valence-electron chi connectivity index (χ1n) is 11.2. The third-order valence-electron chi connectivity index (χ3n) is 5.81. The fourth-order valence-corrected chi connectivity index (χ4v) is 4.79. The normalized spacial score (nSPS) is 23.5. The van der Waals surface area contributed by atoms with Crippen molar-refractivity contribution in [2.45, 2.75) is 56.5 Å². The molecule has 0 amide bonds. The van der Waals surface area contributed by atoms with Crippen LogP contribution in [0.5, 0.6) is 0 Å². The number of hydrogen-bond acceptors (Lipinski definition) is 7. The van der Waals surface area contributed by atoms with Crippen LogP contribution in [0.25, 0.3) is 0 Å². The summed E-state index contributed by atoms with van der Waals surface area (Å²) in [5.74, 6) is 0.102. The average molecular weight is 479 g/mol. The van der Waals surface area contributed by atoms with Crippen LogP contribution in [0.2, 0.25) is 0 Å². The predicted octanol–water partition coefficient (Wildman–Crippen LogP) is 4.09. The van der Waals surface area contributed by atoms with Crippen molar-refractivity contribution in [3.63, 3.8) is 0 Å². The van der Waals surface area contributed by atoms with Gasteiger partial charge in [0.1, 0.15) is 6.79 Å². The molecule has 0 aliphatic carbocycles. The highest BCUT2D eigenvalue weighted by Crippen LogP contribution is 2.30. The SMILES string of the molecule is COCO[C@H]1C[C@@H](COS(=O)(=O)c2ccc(C)cc2)O[C@@H](CCOCc2ccccc2)[C@@H]1C. The van der Waals surface area contributed by atoms with Gasteiger partial charge in [0, 0.05) is 26.1 Å². The Kier molecular flexibility index (Phi) is 9.85. The minimum absolute atomic E-state index is 0.0723. The van der Waals surface area contributed by atoms with E-state index < -0.39 is 16.2 Å². The molecule has 3 rings (SSSR count). The summed E-state index contributed by atoms with van der Waals surface area (Å²) in [7, 11) is -2.29. The number of aryl methyl sites for hydroxylation is 1. The molecule has 2 aromatic rings. The van der Waals surface area contributed by atoms with Crippen molar-refractivity contribution in [1.29, 1.82) is 0 Å². The largest absolute Gasteiger partial charge is 0.377 e. The van der Waals surface area contributed by atoms with Gasteiger partial charge in [-0.3, -0.25) is 4.18 Å². The molecule has 1 heterocycles. The fourth-order valence-electron chi connectivity index (χ4n) is 3.86. The van der Waals surface area contributed by atoms with E-state index in [-0.39, 0.29) is 36.4 Å². The maximum atomic E-state index is 12.6. The topological polar surface area (TPSA) is 80.3 Å². The van der Waals surface area contributed by atoms with E-state index >= 15 is 0 Å². The minimum Gasteiger partial charge on any atom is -0.377 e. The average Bonchev–Trinajstić information content (AvgIpc) is 2.82. The summed E-state index contributed by atoms with van der Waals surface area (Å²) in [5, 5.41) is 0. The van der Waals surface area contributed by atoms with Crippen molar-refractivity contribution in [2.75, 3.05) is 27.1 Å². The molecule has 1 saturated heterocycles. The lowest BCUT2D eigenvalue weighted by molar-refractivity contribution is -0.185. The van der Waals surface area contributed by atoms with Crippen LogP contribution in [0.3, 0.4) is 0 Å². The summed E-state index contributed by atoms with van der Waals surface area (Å²) in [5.41, 5.74) is 2.10. The Labute approximate surface area is 197 Å². The van der Waals surface area contributed by atoms with Crippen LogP contribution in [-0.4, -0.2) is 53.8 Å². The van der Waals surface area contributed by atoms with Gasteiger partial charge in [-0.1, -0.05) is 55.0 Å². The highest BCUT2D eigenvalue weighted by molar-refractivity contribution is 7.86. The van der Waals surface area contributed by atoms with Crippen LogP contribution in [0.15, 0.2) is 59.5 Å². The molecule has 1 aliphatic heterocycles. The maximum Gasteiger partial charge on any atom is 0.297 e. The Balaban J connectivity index is 1.56. The van der Waals surface area contributed by atoms with Gasteiger partial charge >= 0.3 is 0 Å². The van der Waals surface area contributed by atoms with E-state index in [0.29, 0.717) is 26.1 Å². The molecule has 0 bridgehead atoms. The van der Waals surface area contributed by atoms with Gasteiger partial charge in [-0.15, -0.1) is 0 Å². The van der Waals surface area contributed by atoms with E-state index in [1.165, 1.54) is 0 Å². The lowest BCUT2D eigenvalue weighted by atomic mass is 9.88. The van der Waals surface area contributed by atoms with Gasteiger partial charge in [-0.2, -0.15) is 8.42 Å². The number of benzene rings is 2. The van der Waals surface area contributed by atoms with Crippen LogP contribution in [0.1, 0.15) is 30.9 Å². The van der Waals surface area contributed by atoms with E-state index in [1.54, 1.807) is 31.4 Å². The quantitative estimate of drug-likeness (QED) is 0.258. The summed E-state index contributed by atoms with van der Waals surface area (Å²) in [6.45, 7) is 5.13. The standard InChI is InChI=1S/C25H34O7S/c1-19-9-11-23(12-10-19)33(26,27)31-17-22-15-25(30-18-28-3)20(2)24(32-22)13-14-29-16-21-7-5-4-6-8-21/h4-12,20,22,24-25H,13-18H2,1-3H3/t20-,22-,24-,25-/m0/s1. The third-order valence-corrected chi connectivity index (χ3v) is 7.11. The van der Waals surface area contributed by atoms with E-state index in [2.05, 4.69) is 6.92 Å². The van der Waals surface area contributed by atoms with Gasteiger partial charge in [0.15, 0.2) is 0 Å². The molecule has 0 aromatic heterocycles. The lowest BCUT2D eigenvalue weighted by Gasteiger charge is -2.40. The summed E-state index contributed by atoms with van der Waals surface area (Å²) >= 11 is 0. The third kappa shape index (κ3) is 7.88. The van der Waals surface area contributed by atoms with Gasteiger partial charge < -0.3 is 18.9 Å². The van der Waals surface area contributed by atoms with Crippen molar-refractivity contribution in [3.05, 3.63) is 65.7 Å². The van der Waals surface area contributed by atoms with Crippen molar-refractivity contribution >= 4 is 10.1 Å². The van der Waals surface area contributed by atoms with Gasteiger partial charge in [0.2, 0.25) is 0 Å². The number of rotatable bonds is 12. The Hall–Kier alpha value is -1.81. The molecule has 182 valence electrons. The second kappa shape index (κ2) is 12.6. The van der Waals surface area contributed by atoms with Crippen LogP contribution in [0.4, 0.5) is 0 Å². The van der Waals surface area contributed by atoms with E-state index in [0.717, 1.165) is 11.1 Å². The zero-order chi connectivity index (χ0) is 23.7. The zero-order valence-electron chi connectivity index (χ0n) is 19.5. The molecule has 1 fully saturated rings. The highest BCUT2D eigenvalue weighted by Gasteiger charge is 2.37. The van der Waals surface area contributed by atoms with Gasteiger partial charge in [0.25, 0.3) is 10.1 Å². The molecule has 8 heteroatoms. The maximum absolute atomic E-state index is 12.6. The number of ether oxygens (including phenoxy) is 4. The van der Waals surface area contributed by atoms with Crippen LogP contribution in [-0.2, 0) is 39.9 Å². The predicted molar refractivity (Wildman–Crippen MR) is 124 cm³/mol. The molecule has 2 aromatic carbocycles. The first kappa shape index (κ1) is 25.8. The zero-order valence-corrected chi connectivity index (χ0v) is 20.3. The van der Waals surface area contributed by atoms with Crippen molar-refractivity contribution in [1.82, 2.24) is 0 Å². The molecule has 0 saturated carbocycles. The Bertz CT molecular complexity index is 931. The highest BCUT2D eigenvalue weighted by atomic mass is 32.2. The lowest BCUT2D eigenvalue weighted by Crippen LogP contribution is -2.46. The monoisotopic (exact) mass is 478 g/mol. The fraction of sp³-hybridized carbons (Fsp3) is 0.520. The van der Waals surface area contributed by atoms with Crippen LogP contribution in [0, 0.1) is 12.8 Å². The summed E-state index contributed by atoms with van der Waals surface area (Å²) < 4.78 is 53.5. The molecule has 1 aliphatic rings. The van der Waals surface area contributed by atoms with E-state index in [1.807, 2.05) is 37.3 Å². The summed E-state index contributed by atoms with van der Waals surface area (Å²) in [6.07, 6.45) is 0.500. The molecule has 7 nitrogen and oxygen atoms in total. The second-order valence-corrected chi connectivity index (χ2v) is 10.00.